The van der Waals surface area contributed by atoms with Crippen LogP contribution in [0.2, 0.25) is 5.02 Å². The van der Waals surface area contributed by atoms with Gasteiger partial charge in [-0.2, -0.15) is 5.10 Å². The highest BCUT2D eigenvalue weighted by atomic mass is 35.5. The first-order valence-electron chi connectivity index (χ1n) is 5.94. The van der Waals surface area contributed by atoms with Crippen molar-refractivity contribution in [1.29, 1.82) is 0 Å². The second kappa shape index (κ2) is 4.86. The number of nitrogens with one attached hydrogen (secondary N) is 2. The molecule has 6 heteroatoms. The Kier molecular flexibility index (Phi) is 3.04. The summed E-state index contributed by atoms with van der Waals surface area (Å²) in [7, 11) is 0. The summed E-state index contributed by atoms with van der Waals surface area (Å²) in [5.41, 5.74) is 8.78. The molecule has 0 saturated carbocycles. The second-order valence-corrected chi connectivity index (χ2v) is 4.69. The molecule has 2 heterocycles. The van der Waals surface area contributed by atoms with Crippen LogP contribution in [0.3, 0.4) is 0 Å². The molecular weight excluding hydrogens is 276 g/mol. The van der Waals surface area contributed by atoms with Crippen molar-refractivity contribution in [2.75, 3.05) is 5.73 Å². The van der Waals surface area contributed by atoms with Crippen molar-refractivity contribution < 1.29 is 0 Å². The van der Waals surface area contributed by atoms with E-state index in [4.69, 9.17) is 17.3 Å². The lowest BCUT2D eigenvalue weighted by Gasteiger charge is -2.06. The molecule has 5 nitrogen and oxygen atoms in total. The molecule has 0 saturated heterocycles. The molecule has 3 rings (SSSR count). The first-order valence-corrected chi connectivity index (χ1v) is 6.32. The van der Waals surface area contributed by atoms with Crippen molar-refractivity contribution >= 4 is 17.4 Å². The molecule has 1 aromatic carbocycles. The third kappa shape index (κ3) is 2.08. The van der Waals surface area contributed by atoms with Crippen LogP contribution in [-0.4, -0.2) is 15.2 Å². The number of halogens is 1. The summed E-state index contributed by atoms with van der Waals surface area (Å²) in [6.45, 7) is 0. The Labute approximate surface area is 119 Å². The van der Waals surface area contributed by atoms with Crippen LogP contribution in [0.4, 0.5) is 5.82 Å². The van der Waals surface area contributed by atoms with Crippen LogP contribution in [-0.2, 0) is 0 Å². The summed E-state index contributed by atoms with van der Waals surface area (Å²) < 4.78 is 0. The largest absolute Gasteiger partial charge is 0.382 e. The monoisotopic (exact) mass is 286 g/mol. The summed E-state index contributed by atoms with van der Waals surface area (Å²) >= 11 is 6.22. The van der Waals surface area contributed by atoms with Crippen LogP contribution in [0.25, 0.3) is 22.4 Å². The number of benzene rings is 1. The van der Waals surface area contributed by atoms with Crippen LogP contribution in [0.15, 0.2) is 47.4 Å². The predicted molar refractivity (Wildman–Crippen MR) is 79.5 cm³/mol. The van der Waals surface area contributed by atoms with Gasteiger partial charge in [-0.15, -0.1) is 0 Å². The number of H-pyrrole nitrogens is 2. The Morgan fingerprint density at radius 1 is 1.15 bits per heavy atom. The van der Waals surface area contributed by atoms with Crippen LogP contribution >= 0.6 is 11.6 Å². The van der Waals surface area contributed by atoms with Crippen molar-refractivity contribution in [1.82, 2.24) is 15.2 Å². The van der Waals surface area contributed by atoms with Gasteiger partial charge in [0.2, 0.25) is 5.56 Å². The molecule has 0 aliphatic heterocycles. The van der Waals surface area contributed by atoms with Crippen molar-refractivity contribution in [3.63, 3.8) is 0 Å². The molecule has 0 aliphatic carbocycles. The van der Waals surface area contributed by atoms with E-state index in [1.54, 1.807) is 18.3 Å². The maximum absolute atomic E-state index is 11.1. The molecule has 2 aromatic heterocycles. The van der Waals surface area contributed by atoms with E-state index in [0.717, 1.165) is 16.7 Å². The van der Waals surface area contributed by atoms with Crippen LogP contribution in [0.5, 0.6) is 0 Å². The highest BCUT2D eigenvalue weighted by Crippen LogP contribution is 2.37. The lowest BCUT2D eigenvalue weighted by Crippen LogP contribution is -2.01. The quantitative estimate of drug-likeness (QED) is 0.677. The Hall–Kier alpha value is -2.53. The van der Waals surface area contributed by atoms with Crippen LogP contribution in [0.1, 0.15) is 0 Å². The number of rotatable bonds is 2. The smallest absolute Gasteiger partial charge is 0.247 e. The molecule has 3 aromatic rings. The van der Waals surface area contributed by atoms with Gasteiger partial charge in [0.05, 0.1) is 11.3 Å². The molecular formula is C14H11ClN4O. The predicted octanol–water partition coefficient (Wildman–Crippen LogP) is 2.67. The molecule has 0 bridgehead atoms. The van der Waals surface area contributed by atoms with Gasteiger partial charge in [-0.3, -0.25) is 9.89 Å². The van der Waals surface area contributed by atoms with Gasteiger partial charge in [0, 0.05) is 28.4 Å². The van der Waals surface area contributed by atoms with Gasteiger partial charge in [0.25, 0.3) is 0 Å². The van der Waals surface area contributed by atoms with Gasteiger partial charge in [-0.05, 0) is 12.1 Å². The summed E-state index contributed by atoms with van der Waals surface area (Å²) in [4.78, 5) is 13.8. The number of nitrogens with two attached hydrogens (primary N) is 1. The van der Waals surface area contributed by atoms with Crippen molar-refractivity contribution in [2.45, 2.75) is 0 Å². The average molecular weight is 287 g/mol. The number of nitrogens with zero attached hydrogens (tertiary/aromatic N) is 1. The van der Waals surface area contributed by atoms with E-state index in [1.165, 1.54) is 6.07 Å². The number of hydrogen-bond acceptors (Lipinski definition) is 3. The van der Waals surface area contributed by atoms with Crippen molar-refractivity contribution in [2.24, 2.45) is 0 Å². The maximum Gasteiger partial charge on any atom is 0.247 e. The molecule has 0 radical (unpaired) electrons. The Morgan fingerprint density at radius 3 is 2.65 bits per heavy atom. The fourth-order valence-corrected chi connectivity index (χ4v) is 2.30. The number of aromatic amines is 2. The standard InChI is InChI=1S/C14H11ClN4O/c15-10-4-2-1-3-9(10)12-13(18-19-14(12)16)8-5-6-11(20)17-7-8/h1-7H,(H,17,20)(H3,16,18,19). The Bertz CT molecular complexity index is 802. The minimum Gasteiger partial charge on any atom is -0.382 e. The molecule has 4 N–H and O–H groups in total. The van der Waals surface area contributed by atoms with E-state index < -0.39 is 0 Å². The molecule has 0 atom stereocenters. The molecule has 0 unspecified atom stereocenters. The van der Waals surface area contributed by atoms with E-state index in [0.29, 0.717) is 16.5 Å². The van der Waals surface area contributed by atoms with E-state index in [-0.39, 0.29) is 5.56 Å². The van der Waals surface area contributed by atoms with Crippen molar-refractivity contribution in [3.05, 3.63) is 58.0 Å². The lowest BCUT2D eigenvalue weighted by molar-refractivity contribution is 1.10. The van der Waals surface area contributed by atoms with Gasteiger partial charge in [0.15, 0.2) is 5.82 Å². The van der Waals surface area contributed by atoms with E-state index in [1.807, 2.05) is 18.2 Å². The summed E-state index contributed by atoms with van der Waals surface area (Å²) in [6, 6.07) is 10.5. The molecule has 0 fully saturated rings. The van der Waals surface area contributed by atoms with Crippen LogP contribution < -0.4 is 11.3 Å². The zero-order valence-electron chi connectivity index (χ0n) is 10.4. The molecule has 0 aliphatic rings. The maximum atomic E-state index is 11.1. The number of aromatic nitrogens is 3. The minimum atomic E-state index is -0.166. The van der Waals surface area contributed by atoms with E-state index in [9.17, 15) is 4.79 Å². The van der Waals surface area contributed by atoms with E-state index >= 15 is 0 Å². The fourth-order valence-electron chi connectivity index (χ4n) is 2.07. The zero-order chi connectivity index (χ0) is 14.1. The average Bonchev–Trinajstić information content (AvgIpc) is 2.82. The SMILES string of the molecule is Nc1n[nH]c(-c2ccc(=O)[nH]c2)c1-c1ccccc1Cl. The van der Waals surface area contributed by atoms with Gasteiger partial charge >= 0.3 is 0 Å². The van der Waals surface area contributed by atoms with Gasteiger partial charge in [0.1, 0.15) is 0 Å². The summed E-state index contributed by atoms with van der Waals surface area (Å²) in [5, 5.41) is 7.50. The molecule has 0 spiro atoms. The lowest BCUT2D eigenvalue weighted by atomic mass is 10.0. The fraction of sp³-hybridized carbons (Fsp3) is 0. The topological polar surface area (TPSA) is 87.6 Å². The summed E-state index contributed by atoms with van der Waals surface area (Å²) in [5.74, 6) is 0.360. The first-order chi connectivity index (χ1) is 9.66. The molecule has 20 heavy (non-hydrogen) atoms. The normalized spacial score (nSPS) is 10.7. The van der Waals surface area contributed by atoms with Crippen LogP contribution in [0, 0.1) is 0 Å². The zero-order valence-corrected chi connectivity index (χ0v) is 11.1. The highest BCUT2D eigenvalue weighted by Gasteiger charge is 2.16. The minimum absolute atomic E-state index is 0.166. The molecule has 0 amide bonds. The number of nitrogen functional groups attached to an aromatic ring is 1. The number of pyridine rings is 1. The second-order valence-electron chi connectivity index (χ2n) is 4.28. The summed E-state index contributed by atoms with van der Waals surface area (Å²) in [6.07, 6.45) is 1.61. The van der Waals surface area contributed by atoms with Gasteiger partial charge < -0.3 is 10.7 Å². The molecule has 100 valence electrons. The highest BCUT2D eigenvalue weighted by molar-refractivity contribution is 6.33. The Morgan fingerprint density at radius 2 is 1.95 bits per heavy atom. The first kappa shape index (κ1) is 12.5. The van der Waals surface area contributed by atoms with Crippen molar-refractivity contribution in [3.8, 4) is 22.4 Å². The third-order valence-electron chi connectivity index (χ3n) is 3.01. The number of hydrogen-bond donors (Lipinski definition) is 3. The van der Waals surface area contributed by atoms with E-state index in [2.05, 4.69) is 15.2 Å². The Balaban J connectivity index is 2.23. The van der Waals surface area contributed by atoms with Gasteiger partial charge in [-0.25, -0.2) is 0 Å². The third-order valence-corrected chi connectivity index (χ3v) is 3.34. The number of anilines is 1. The van der Waals surface area contributed by atoms with Gasteiger partial charge in [-0.1, -0.05) is 29.8 Å².